The Morgan fingerprint density at radius 2 is 1.31 bits per heavy atom. The molecule has 0 spiro atoms. The molecule has 1 aliphatic rings. The molecule has 1 aliphatic carbocycles. The van der Waals surface area contributed by atoms with Crippen LogP contribution >= 0.6 is 11.6 Å². The quantitative estimate of drug-likeness (QED) is 0.682. The number of carbonyl (C=O) groups is 1. The third-order valence-electron chi connectivity index (χ3n) is 3.06. The van der Waals surface area contributed by atoms with E-state index >= 15 is 0 Å². The maximum absolute atomic E-state index is 11.5. The maximum Gasteiger partial charge on any atom is 0.233 e. The van der Waals surface area contributed by atoms with Crippen molar-refractivity contribution in [2.45, 2.75) is 5.92 Å². The average molecular weight is 229 g/mol. The van der Waals surface area contributed by atoms with Crippen molar-refractivity contribution in [2.24, 2.45) is 0 Å². The highest BCUT2D eigenvalue weighted by molar-refractivity contribution is 6.65. The molecule has 3 rings (SSSR count). The van der Waals surface area contributed by atoms with E-state index in [2.05, 4.69) is 0 Å². The zero-order valence-electron chi connectivity index (χ0n) is 8.48. The van der Waals surface area contributed by atoms with Crippen LogP contribution in [0.15, 0.2) is 48.5 Å². The molecule has 16 heavy (non-hydrogen) atoms. The van der Waals surface area contributed by atoms with Gasteiger partial charge in [0, 0.05) is 0 Å². The fourth-order valence-electron chi connectivity index (χ4n) is 2.40. The third kappa shape index (κ3) is 1.22. The van der Waals surface area contributed by atoms with Crippen molar-refractivity contribution in [3.05, 3.63) is 59.7 Å². The molecular formula is C14H9ClO. The summed E-state index contributed by atoms with van der Waals surface area (Å²) in [7, 11) is 0. The van der Waals surface area contributed by atoms with Crippen molar-refractivity contribution in [1.29, 1.82) is 0 Å². The van der Waals surface area contributed by atoms with Gasteiger partial charge in [-0.05, 0) is 33.9 Å². The fourth-order valence-corrected chi connectivity index (χ4v) is 2.64. The topological polar surface area (TPSA) is 17.1 Å². The number of rotatable bonds is 1. The lowest BCUT2D eigenvalue weighted by Gasteiger charge is -2.06. The van der Waals surface area contributed by atoms with Crippen molar-refractivity contribution in [3.63, 3.8) is 0 Å². The van der Waals surface area contributed by atoms with Crippen LogP contribution in [0.1, 0.15) is 17.0 Å². The number of fused-ring (bicyclic) bond motifs is 3. The molecule has 0 unspecified atom stereocenters. The van der Waals surface area contributed by atoms with Crippen molar-refractivity contribution in [2.75, 3.05) is 0 Å². The predicted octanol–water partition coefficient (Wildman–Crippen LogP) is 3.56. The molecule has 0 atom stereocenters. The van der Waals surface area contributed by atoms with Gasteiger partial charge in [0.05, 0.1) is 5.92 Å². The van der Waals surface area contributed by atoms with E-state index in [1.807, 2.05) is 48.5 Å². The monoisotopic (exact) mass is 228 g/mol. The molecule has 0 saturated heterocycles. The Balaban J connectivity index is 2.34. The second-order valence-corrected chi connectivity index (χ2v) is 4.28. The van der Waals surface area contributed by atoms with Crippen LogP contribution in [0.3, 0.4) is 0 Å². The summed E-state index contributed by atoms with van der Waals surface area (Å²) in [6.07, 6.45) is 0. The first-order valence-corrected chi connectivity index (χ1v) is 5.54. The van der Waals surface area contributed by atoms with E-state index in [-0.39, 0.29) is 11.2 Å². The Morgan fingerprint density at radius 1 is 0.875 bits per heavy atom. The highest BCUT2D eigenvalue weighted by Crippen LogP contribution is 2.45. The molecular weight excluding hydrogens is 220 g/mol. The van der Waals surface area contributed by atoms with Crippen molar-refractivity contribution in [1.82, 2.24) is 0 Å². The summed E-state index contributed by atoms with van der Waals surface area (Å²) in [6, 6.07) is 15.9. The highest BCUT2D eigenvalue weighted by atomic mass is 35.5. The zero-order valence-corrected chi connectivity index (χ0v) is 9.24. The number of carbonyl (C=O) groups excluding carboxylic acids is 1. The van der Waals surface area contributed by atoms with E-state index in [1.165, 1.54) is 0 Å². The third-order valence-corrected chi connectivity index (χ3v) is 3.28. The van der Waals surface area contributed by atoms with E-state index in [0.29, 0.717) is 0 Å². The standard InChI is InChI=1S/C14H9ClO/c15-14(16)13-11-7-3-1-5-9(11)10-6-2-4-8-12(10)13/h1-8,13H. The van der Waals surface area contributed by atoms with Gasteiger partial charge >= 0.3 is 0 Å². The molecule has 0 radical (unpaired) electrons. The minimum Gasteiger partial charge on any atom is -0.280 e. The molecule has 0 fully saturated rings. The van der Waals surface area contributed by atoms with E-state index in [4.69, 9.17) is 11.6 Å². The summed E-state index contributed by atoms with van der Waals surface area (Å²) in [6.45, 7) is 0. The summed E-state index contributed by atoms with van der Waals surface area (Å²) in [5.74, 6) is -0.297. The normalized spacial score (nSPS) is 13.3. The van der Waals surface area contributed by atoms with Crippen LogP contribution in [0.25, 0.3) is 11.1 Å². The zero-order chi connectivity index (χ0) is 11.1. The summed E-state index contributed by atoms with van der Waals surface area (Å²) >= 11 is 5.70. The van der Waals surface area contributed by atoms with Gasteiger partial charge < -0.3 is 0 Å². The Morgan fingerprint density at radius 3 is 1.75 bits per heavy atom. The van der Waals surface area contributed by atoms with Crippen molar-refractivity contribution < 1.29 is 4.79 Å². The Hall–Kier alpha value is -1.60. The second-order valence-electron chi connectivity index (χ2n) is 3.91. The van der Waals surface area contributed by atoms with Crippen LogP contribution < -0.4 is 0 Å². The first kappa shape index (κ1) is 9.61. The molecule has 0 N–H and O–H groups in total. The molecule has 0 aliphatic heterocycles. The van der Waals surface area contributed by atoms with E-state index in [9.17, 15) is 4.79 Å². The van der Waals surface area contributed by atoms with Crippen LogP contribution in [0.5, 0.6) is 0 Å². The lowest BCUT2D eigenvalue weighted by molar-refractivity contribution is -0.112. The maximum atomic E-state index is 11.5. The number of halogens is 1. The number of hydrogen-bond acceptors (Lipinski definition) is 1. The molecule has 78 valence electrons. The minimum absolute atomic E-state index is 0.297. The second kappa shape index (κ2) is 3.46. The number of hydrogen-bond donors (Lipinski definition) is 0. The highest BCUT2D eigenvalue weighted by Gasteiger charge is 2.31. The van der Waals surface area contributed by atoms with Crippen LogP contribution in [0.2, 0.25) is 0 Å². The van der Waals surface area contributed by atoms with Gasteiger partial charge in [0.25, 0.3) is 0 Å². The first-order valence-electron chi connectivity index (χ1n) is 5.16. The van der Waals surface area contributed by atoms with Crippen molar-refractivity contribution in [3.8, 4) is 11.1 Å². The van der Waals surface area contributed by atoms with Gasteiger partial charge in [-0.15, -0.1) is 0 Å². The van der Waals surface area contributed by atoms with Crippen LogP contribution in [0.4, 0.5) is 0 Å². The van der Waals surface area contributed by atoms with Gasteiger partial charge in [-0.2, -0.15) is 0 Å². The number of benzene rings is 2. The van der Waals surface area contributed by atoms with Crippen molar-refractivity contribution >= 4 is 16.8 Å². The molecule has 0 heterocycles. The Bertz CT molecular complexity index is 529. The van der Waals surface area contributed by atoms with E-state index in [0.717, 1.165) is 22.3 Å². The summed E-state index contributed by atoms with van der Waals surface area (Å²) in [4.78, 5) is 11.5. The smallest absolute Gasteiger partial charge is 0.233 e. The lowest BCUT2D eigenvalue weighted by Crippen LogP contribution is -2.04. The van der Waals surface area contributed by atoms with E-state index in [1.54, 1.807) is 0 Å². The summed E-state index contributed by atoms with van der Waals surface area (Å²) in [5.41, 5.74) is 4.28. The molecule has 0 bridgehead atoms. The molecule has 1 nitrogen and oxygen atoms in total. The van der Waals surface area contributed by atoms with Gasteiger partial charge in [-0.1, -0.05) is 48.5 Å². The molecule has 0 aromatic heterocycles. The van der Waals surface area contributed by atoms with Gasteiger partial charge in [0.15, 0.2) is 0 Å². The summed E-state index contributed by atoms with van der Waals surface area (Å²) < 4.78 is 0. The average Bonchev–Trinajstić information content (AvgIpc) is 2.63. The van der Waals surface area contributed by atoms with Crippen LogP contribution in [0, 0.1) is 0 Å². The molecule has 0 amide bonds. The van der Waals surface area contributed by atoms with Gasteiger partial charge in [0.1, 0.15) is 0 Å². The van der Waals surface area contributed by atoms with E-state index < -0.39 is 0 Å². The molecule has 2 aromatic carbocycles. The van der Waals surface area contributed by atoms with Gasteiger partial charge in [-0.25, -0.2) is 0 Å². The summed E-state index contributed by atoms with van der Waals surface area (Å²) in [5, 5.41) is -0.308. The van der Waals surface area contributed by atoms with Crippen LogP contribution in [-0.4, -0.2) is 5.24 Å². The first-order chi connectivity index (χ1) is 7.79. The lowest BCUT2D eigenvalue weighted by atomic mass is 9.99. The Labute approximate surface area is 98.7 Å². The largest absolute Gasteiger partial charge is 0.280 e. The fraction of sp³-hybridized carbons (Fsp3) is 0.0714. The van der Waals surface area contributed by atoms with Crippen LogP contribution in [-0.2, 0) is 4.79 Å². The predicted molar refractivity (Wildman–Crippen MR) is 64.6 cm³/mol. The minimum atomic E-state index is -0.308. The Kier molecular flexibility index (Phi) is 2.08. The molecule has 0 saturated carbocycles. The molecule has 2 heteroatoms. The van der Waals surface area contributed by atoms with Gasteiger partial charge in [0.2, 0.25) is 5.24 Å². The molecule has 2 aromatic rings. The SMILES string of the molecule is O=C(Cl)C1c2ccccc2-c2ccccc21. The van der Waals surface area contributed by atoms with Gasteiger partial charge in [-0.3, -0.25) is 4.79 Å².